The Morgan fingerprint density at radius 2 is 1.68 bits per heavy atom. The minimum Gasteiger partial charge on any atom is -0.302 e. The van der Waals surface area contributed by atoms with Crippen LogP contribution in [0.15, 0.2) is 76.7 Å². The Bertz CT molecular complexity index is 1290. The van der Waals surface area contributed by atoms with Crippen molar-refractivity contribution in [2.75, 3.05) is 0 Å². The molecule has 2 N–H and O–H groups in total. The molecular formula is C25H24Cl3N3O2S. The molecule has 2 atom stereocenters. The molecule has 1 aliphatic rings. The van der Waals surface area contributed by atoms with Gasteiger partial charge in [-0.05, 0) is 59.5 Å². The molecule has 5 nitrogen and oxygen atoms in total. The first-order valence-electron chi connectivity index (χ1n) is 10.9. The number of halogens is 3. The summed E-state index contributed by atoms with van der Waals surface area (Å²) in [6.45, 7) is 2.08. The van der Waals surface area contributed by atoms with E-state index in [-0.39, 0.29) is 10.9 Å². The van der Waals surface area contributed by atoms with Crippen LogP contribution >= 0.6 is 34.8 Å². The molecule has 3 aromatic carbocycles. The molecular weight excluding hydrogens is 513 g/mol. The molecule has 0 saturated heterocycles. The first kappa shape index (κ1) is 25.0. The maximum atomic E-state index is 13.3. The Balaban J connectivity index is 1.64. The molecule has 9 heteroatoms. The molecule has 0 fully saturated rings. The molecule has 0 bridgehead atoms. The van der Waals surface area contributed by atoms with E-state index in [0.29, 0.717) is 32.8 Å². The number of hydrogen-bond acceptors (Lipinski definition) is 4. The summed E-state index contributed by atoms with van der Waals surface area (Å²) in [5, 5.41) is 5.96. The topological polar surface area (TPSA) is 70.6 Å². The number of benzene rings is 3. The lowest BCUT2D eigenvalue weighted by atomic mass is 9.96. The van der Waals surface area contributed by atoms with Gasteiger partial charge in [-0.15, -0.1) is 0 Å². The number of nitrogens with one attached hydrogen (secondary N) is 2. The average molecular weight is 537 g/mol. The Hall–Kier alpha value is -2.09. The van der Waals surface area contributed by atoms with Gasteiger partial charge in [0.15, 0.2) is 0 Å². The molecule has 0 saturated carbocycles. The first-order chi connectivity index (χ1) is 16.3. The molecule has 0 radical (unpaired) electrons. The summed E-state index contributed by atoms with van der Waals surface area (Å²) in [6.07, 6.45) is 2.37. The Labute approximate surface area is 215 Å². The summed E-state index contributed by atoms with van der Waals surface area (Å²) in [4.78, 5) is 0.184. The smallest absolute Gasteiger partial charge is 0.241 e. The molecule has 2 unspecified atom stereocenters. The molecule has 1 aliphatic heterocycles. The van der Waals surface area contributed by atoms with E-state index in [1.807, 2.05) is 36.4 Å². The van der Waals surface area contributed by atoms with Crippen LogP contribution in [0.25, 0.3) is 0 Å². The summed E-state index contributed by atoms with van der Waals surface area (Å²) in [7, 11) is -3.86. The van der Waals surface area contributed by atoms with Crippen molar-refractivity contribution in [3.63, 3.8) is 0 Å². The number of sulfonamides is 1. The summed E-state index contributed by atoms with van der Waals surface area (Å²) in [5.74, 6) is 0. The standard InChI is InChI=1S/C25H24Cl3N3O2S/c1-2-3-16-4-11-20(12-5-16)34(32,33)31-25(21-13-10-19(27)14-22(21)28)24-15-23(29-30-24)17-6-8-18(26)9-7-17/h4-14,23,25,29,31H,2-3,15H2,1H3. The lowest BCUT2D eigenvalue weighted by molar-refractivity contribution is 0.576. The van der Waals surface area contributed by atoms with Crippen molar-refractivity contribution in [1.82, 2.24) is 10.1 Å². The van der Waals surface area contributed by atoms with Crippen LogP contribution in [0.3, 0.4) is 0 Å². The molecule has 1 heterocycles. The van der Waals surface area contributed by atoms with E-state index >= 15 is 0 Å². The molecule has 4 rings (SSSR count). The number of hydrogen-bond donors (Lipinski definition) is 2. The number of rotatable bonds is 8. The lowest BCUT2D eigenvalue weighted by Crippen LogP contribution is -2.33. The summed E-state index contributed by atoms with van der Waals surface area (Å²) < 4.78 is 29.5. The summed E-state index contributed by atoms with van der Waals surface area (Å²) in [5.41, 5.74) is 6.40. The highest BCUT2D eigenvalue weighted by molar-refractivity contribution is 7.89. The second kappa shape index (κ2) is 10.7. The van der Waals surface area contributed by atoms with Crippen LogP contribution in [0.5, 0.6) is 0 Å². The van der Waals surface area contributed by atoms with E-state index in [1.165, 1.54) is 0 Å². The average Bonchev–Trinajstić information content (AvgIpc) is 3.29. The molecule has 34 heavy (non-hydrogen) atoms. The zero-order valence-corrected chi connectivity index (χ0v) is 21.5. The van der Waals surface area contributed by atoms with Crippen LogP contribution in [-0.4, -0.2) is 14.1 Å². The fourth-order valence-corrected chi connectivity index (χ4v) is 5.77. The lowest BCUT2D eigenvalue weighted by Gasteiger charge is -2.21. The summed E-state index contributed by atoms with van der Waals surface area (Å²) >= 11 is 18.6. The number of aryl methyl sites for hydroxylation is 1. The van der Waals surface area contributed by atoms with Crippen molar-refractivity contribution < 1.29 is 8.42 Å². The van der Waals surface area contributed by atoms with E-state index in [1.54, 1.807) is 30.3 Å². The highest BCUT2D eigenvalue weighted by atomic mass is 35.5. The van der Waals surface area contributed by atoms with Gasteiger partial charge in [-0.2, -0.15) is 9.82 Å². The third kappa shape index (κ3) is 5.75. The van der Waals surface area contributed by atoms with Crippen molar-refractivity contribution in [2.45, 2.75) is 43.2 Å². The minimum absolute atomic E-state index is 0.112. The van der Waals surface area contributed by atoms with Gasteiger partial charge in [0.25, 0.3) is 0 Å². The van der Waals surface area contributed by atoms with Crippen molar-refractivity contribution in [2.24, 2.45) is 5.10 Å². The van der Waals surface area contributed by atoms with E-state index in [0.717, 1.165) is 24.0 Å². The Morgan fingerprint density at radius 1 is 1.00 bits per heavy atom. The van der Waals surface area contributed by atoms with Gasteiger partial charge >= 0.3 is 0 Å². The molecule has 0 aromatic heterocycles. The number of nitrogens with zero attached hydrogens (tertiary/aromatic N) is 1. The Morgan fingerprint density at radius 3 is 2.32 bits per heavy atom. The monoisotopic (exact) mass is 535 g/mol. The van der Waals surface area contributed by atoms with Gasteiger partial charge in [-0.3, -0.25) is 0 Å². The van der Waals surface area contributed by atoms with Crippen LogP contribution in [0.2, 0.25) is 15.1 Å². The van der Waals surface area contributed by atoms with Gasteiger partial charge in [0.05, 0.1) is 22.7 Å². The van der Waals surface area contributed by atoms with Crippen LogP contribution in [0.1, 0.15) is 48.5 Å². The third-order valence-corrected chi connectivity index (χ3v) is 7.95. The van der Waals surface area contributed by atoms with Gasteiger partial charge in [0, 0.05) is 21.5 Å². The fourth-order valence-electron chi connectivity index (χ4n) is 3.92. The SMILES string of the molecule is CCCc1ccc(S(=O)(=O)NC(C2=NNC(c3ccc(Cl)cc3)C2)c2ccc(Cl)cc2Cl)cc1. The van der Waals surface area contributed by atoms with Crippen LogP contribution in [-0.2, 0) is 16.4 Å². The van der Waals surface area contributed by atoms with Crippen LogP contribution in [0, 0.1) is 0 Å². The van der Waals surface area contributed by atoms with E-state index in [4.69, 9.17) is 34.8 Å². The predicted molar refractivity (Wildman–Crippen MR) is 139 cm³/mol. The zero-order chi connectivity index (χ0) is 24.3. The van der Waals surface area contributed by atoms with Crippen molar-refractivity contribution in [3.8, 4) is 0 Å². The van der Waals surface area contributed by atoms with Crippen molar-refractivity contribution in [3.05, 3.63) is 98.5 Å². The minimum atomic E-state index is -3.86. The van der Waals surface area contributed by atoms with Gasteiger partial charge in [0.2, 0.25) is 10.0 Å². The second-order valence-electron chi connectivity index (χ2n) is 8.15. The highest BCUT2D eigenvalue weighted by Crippen LogP contribution is 2.33. The first-order valence-corrected chi connectivity index (χ1v) is 13.5. The number of hydrazone groups is 1. The maximum absolute atomic E-state index is 13.3. The summed E-state index contributed by atoms with van der Waals surface area (Å²) in [6, 6.07) is 18.5. The van der Waals surface area contributed by atoms with Crippen molar-refractivity contribution >= 4 is 50.5 Å². The highest BCUT2D eigenvalue weighted by Gasteiger charge is 2.32. The van der Waals surface area contributed by atoms with E-state index < -0.39 is 16.1 Å². The van der Waals surface area contributed by atoms with Gasteiger partial charge < -0.3 is 5.43 Å². The molecule has 0 spiro atoms. The van der Waals surface area contributed by atoms with Crippen LogP contribution in [0.4, 0.5) is 0 Å². The van der Waals surface area contributed by atoms with Crippen LogP contribution < -0.4 is 10.1 Å². The Kier molecular flexibility index (Phi) is 7.85. The quantitative estimate of drug-likeness (QED) is 0.336. The van der Waals surface area contributed by atoms with Gasteiger partial charge in [0.1, 0.15) is 0 Å². The maximum Gasteiger partial charge on any atom is 0.241 e. The van der Waals surface area contributed by atoms with E-state index in [2.05, 4.69) is 22.2 Å². The normalized spacial score (nSPS) is 16.7. The molecule has 178 valence electrons. The van der Waals surface area contributed by atoms with Gasteiger partial charge in [-0.1, -0.05) is 78.5 Å². The largest absolute Gasteiger partial charge is 0.302 e. The second-order valence-corrected chi connectivity index (χ2v) is 11.1. The van der Waals surface area contributed by atoms with Crippen molar-refractivity contribution in [1.29, 1.82) is 0 Å². The molecule has 0 amide bonds. The zero-order valence-electron chi connectivity index (χ0n) is 18.4. The van der Waals surface area contributed by atoms with E-state index in [9.17, 15) is 8.42 Å². The molecule has 0 aliphatic carbocycles. The third-order valence-electron chi connectivity index (χ3n) is 5.70. The predicted octanol–water partition coefficient (Wildman–Crippen LogP) is 6.71. The van der Waals surface area contributed by atoms with Gasteiger partial charge in [-0.25, -0.2) is 8.42 Å². The fraction of sp³-hybridized carbons (Fsp3) is 0.240. The molecule has 3 aromatic rings.